The maximum absolute atomic E-state index is 13.1. The van der Waals surface area contributed by atoms with Crippen molar-refractivity contribution in [3.05, 3.63) is 144 Å². The Hall–Kier alpha value is -7.80. The Kier molecular flexibility index (Phi) is 30.1. The highest BCUT2D eigenvalue weighted by Crippen LogP contribution is 2.19. The third-order valence-corrected chi connectivity index (χ3v) is 10.9. The SMILES string of the molecule is CC(C)(C)OC(=O)C[C@@H](Cc1ccccc1)C(=O)N[C@@H](CCCCNC(=O)OCc1ccccc1)C(N)=O.CC(C)(C)OC(=O)C[C@@H](Cc1ccccc1)C(=O)O.NC(=O)[C@@H](N)CCCCNC(=O)OCc1ccccc1. The van der Waals surface area contributed by atoms with Crippen LogP contribution >= 0.6 is 0 Å². The van der Waals surface area contributed by atoms with Gasteiger partial charge in [-0.1, -0.05) is 121 Å². The molecular formula is C58H80N6O13. The van der Waals surface area contributed by atoms with E-state index in [0.29, 0.717) is 51.6 Å². The standard InChI is InChI=1S/C29H39N3O6.C15H20O4.C14H21N3O3/c1-29(2,3)38-25(33)19-23(18-21-12-6-4-7-13-21)27(35)32-24(26(30)34)16-10-11-17-31-28(36)37-20-22-14-8-5-9-15-22;1-15(2,3)19-13(16)10-12(14(17)18)9-11-7-5-4-6-8-11;15-12(13(16)18)8-4-5-9-17-14(19)20-10-11-6-2-1-3-7-11/h4-9,12-15,23-24H,10-11,16-20H2,1-3H3,(H2,30,34)(H,31,36)(H,32,35);4-8,12H,9-10H2,1-3H3,(H,17,18);1-3,6-7,12H,4-5,8-10,15H2,(H2,16,18)(H,17,19)/t23-,24+;2*12-/m110/s1. The van der Waals surface area contributed by atoms with Crippen LogP contribution in [0.15, 0.2) is 121 Å². The Balaban J connectivity index is 0.000000436. The Labute approximate surface area is 452 Å². The Morgan fingerprint density at radius 1 is 0.506 bits per heavy atom. The lowest BCUT2D eigenvalue weighted by Gasteiger charge is -2.23. The normalized spacial score (nSPS) is 12.4. The fourth-order valence-electron chi connectivity index (χ4n) is 7.08. The lowest BCUT2D eigenvalue weighted by molar-refractivity contribution is -0.159. The molecule has 420 valence electrons. The van der Waals surface area contributed by atoms with Crippen LogP contribution in [0.25, 0.3) is 0 Å². The molecule has 0 heterocycles. The highest BCUT2D eigenvalue weighted by Gasteiger charge is 2.29. The smallest absolute Gasteiger partial charge is 0.407 e. The van der Waals surface area contributed by atoms with Crippen molar-refractivity contribution in [3.8, 4) is 0 Å². The number of hydrogen-bond donors (Lipinski definition) is 7. The van der Waals surface area contributed by atoms with Gasteiger partial charge in [0.25, 0.3) is 0 Å². The number of carboxylic acids is 1. The predicted molar refractivity (Wildman–Crippen MR) is 291 cm³/mol. The maximum Gasteiger partial charge on any atom is 0.407 e. The molecule has 4 aromatic rings. The number of benzene rings is 4. The predicted octanol–water partition coefficient (Wildman–Crippen LogP) is 7.20. The number of alkyl carbamates (subject to hydrolysis) is 2. The molecule has 0 unspecified atom stereocenters. The monoisotopic (exact) mass is 1070 g/mol. The lowest BCUT2D eigenvalue weighted by Crippen LogP contribution is -2.47. The highest BCUT2D eigenvalue weighted by atomic mass is 16.6. The first-order valence-electron chi connectivity index (χ1n) is 25.7. The van der Waals surface area contributed by atoms with Crippen LogP contribution in [0, 0.1) is 11.8 Å². The summed E-state index contributed by atoms with van der Waals surface area (Å²) in [5.74, 6) is -5.02. The molecule has 0 fully saturated rings. The fourth-order valence-corrected chi connectivity index (χ4v) is 7.08. The second-order valence-electron chi connectivity index (χ2n) is 20.1. The van der Waals surface area contributed by atoms with Crippen LogP contribution < -0.4 is 33.2 Å². The number of carbonyl (C=O) groups is 8. The molecule has 0 bridgehead atoms. The topological polar surface area (TPSA) is 308 Å². The van der Waals surface area contributed by atoms with Crippen LogP contribution in [0.1, 0.15) is 115 Å². The number of aliphatic carboxylic acids is 1. The van der Waals surface area contributed by atoms with E-state index in [-0.39, 0.29) is 26.1 Å². The largest absolute Gasteiger partial charge is 0.481 e. The second kappa shape index (κ2) is 35.5. The molecule has 0 aromatic heterocycles. The number of carboxylic acid groups (broad SMARTS) is 1. The van der Waals surface area contributed by atoms with E-state index in [1.807, 2.05) is 121 Å². The highest BCUT2D eigenvalue weighted by molar-refractivity contribution is 5.89. The average Bonchev–Trinajstić information content (AvgIpc) is 3.36. The van der Waals surface area contributed by atoms with Crippen molar-refractivity contribution >= 4 is 47.8 Å². The van der Waals surface area contributed by atoms with E-state index >= 15 is 0 Å². The number of esters is 2. The van der Waals surface area contributed by atoms with Crippen molar-refractivity contribution in [2.24, 2.45) is 29.0 Å². The molecule has 0 aliphatic carbocycles. The molecule has 4 atom stereocenters. The first kappa shape index (κ1) is 65.3. The number of unbranched alkanes of at least 4 members (excludes halogenated alkanes) is 2. The zero-order chi connectivity index (χ0) is 57.2. The van der Waals surface area contributed by atoms with Gasteiger partial charge in [0.15, 0.2) is 0 Å². The van der Waals surface area contributed by atoms with Crippen molar-refractivity contribution in [1.29, 1.82) is 0 Å². The summed E-state index contributed by atoms with van der Waals surface area (Å²) in [7, 11) is 0. The molecule has 0 saturated heterocycles. The maximum atomic E-state index is 13.1. The Morgan fingerprint density at radius 3 is 1.23 bits per heavy atom. The van der Waals surface area contributed by atoms with Crippen molar-refractivity contribution < 1.29 is 62.4 Å². The molecule has 0 saturated carbocycles. The van der Waals surface area contributed by atoms with Gasteiger partial charge in [0.05, 0.1) is 30.7 Å². The summed E-state index contributed by atoms with van der Waals surface area (Å²) in [6.45, 7) is 11.8. The minimum absolute atomic E-state index is 0.110. The summed E-state index contributed by atoms with van der Waals surface area (Å²) in [6.07, 6.45) is 2.79. The van der Waals surface area contributed by atoms with Gasteiger partial charge in [-0.2, -0.15) is 0 Å². The fraction of sp³-hybridized carbons (Fsp3) is 0.448. The minimum atomic E-state index is -0.977. The van der Waals surface area contributed by atoms with Gasteiger partial charge in [0.1, 0.15) is 30.5 Å². The molecule has 5 amide bonds. The summed E-state index contributed by atoms with van der Waals surface area (Å²) < 4.78 is 20.8. The average molecular weight is 1070 g/mol. The molecule has 0 radical (unpaired) electrons. The van der Waals surface area contributed by atoms with E-state index < -0.39 is 82.9 Å². The molecule has 4 rings (SSSR count). The first-order valence-corrected chi connectivity index (χ1v) is 25.7. The van der Waals surface area contributed by atoms with Gasteiger partial charge in [0.2, 0.25) is 17.7 Å². The number of amides is 5. The summed E-state index contributed by atoms with van der Waals surface area (Å²) >= 11 is 0. The van der Waals surface area contributed by atoms with Crippen LogP contribution in [0.2, 0.25) is 0 Å². The van der Waals surface area contributed by atoms with Crippen LogP contribution in [-0.2, 0) is 73.8 Å². The first-order chi connectivity index (χ1) is 36.4. The molecule has 4 aromatic carbocycles. The molecular weight excluding hydrogens is 989 g/mol. The van der Waals surface area contributed by atoms with Crippen molar-refractivity contribution in [3.63, 3.8) is 0 Å². The third-order valence-electron chi connectivity index (χ3n) is 10.9. The Morgan fingerprint density at radius 2 is 0.870 bits per heavy atom. The number of hydrogen-bond acceptors (Lipinski definition) is 13. The zero-order valence-electron chi connectivity index (χ0n) is 45.3. The number of nitrogens with one attached hydrogen (secondary N) is 3. The molecule has 19 heteroatoms. The summed E-state index contributed by atoms with van der Waals surface area (Å²) in [5, 5.41) is 17.2. The summed E-state index contributed by atoms with van der Waals surface area (Å²) in [5.41, 5.74) is 18.4. The van der Waals surface area contributed by atoms with Crippen molar-refractivity contribution in [2.75, 3.05) is 13.1 Å². The zero-order valence-corrected chi connectivity index (χ0v) is 45.3. The van der Waals surface area contributed by atoms with E-state index in [1.165, 1.54) is 0 Å². The number of carbonyl (C=O) groups excluding carboxylic acids is 7. The van der Waals surface area contributed by atoms with E-state index in [0.717, 1.165) is 35.1 Å². The number of rotatable bonds is 27. The molecule has 10 N–H and O–H groups in total. The molecule has 0 aliphatic heterocycles. The van der Waals surface area contributed by atoms with Gasteiger partial charge in [-0.25, -0.2) is 9.59 Å². The van der Waals surface area contributed by atoms with Crippen LogP contribution in [0.4, 0.5) is 9.59 Å². The van der Waals surface area contributed by atoms with Gasteiger partial charge >= 0.3 is 30.1 Å². The van der Waals surface area contributed by atoms with Gasteiger partial charge in [0, 0.05) is 13.1 Å². The molecule has 0 spiro atoms. The van der Waals surface area contributed by atoms with Crippen LogP contribution in [0.5, 0.6) is 0 Å². The quantitative estimate of drug-likeness (QED) is 0.0177. The van der Waals surface area contributed by atoms with Gasteiger partial charge < -0.3 is 57.2 Å². The molecule has 77 heavy (non-hydrogen) atoms. The number of primary amides is 2. The van der Waals surface area contributed by atoms with E-state index in [2.05, 4.69) is 16.0 Å². The van der Waals surface area contributed by atoms with Crippen molar-refractivity contribution in [1.82, 2.24) is 16.0 Å². The van der Waals surface area contributed by atoms with Gasteiger partial charge in [-0.15, -0.1) is 0 Å². The summed E-state index contributed by atoms with van der Waals surface area (Å²) in [6, 6.07) is 35.9. The van der Waals surface area contributed by atoms with E-state index in [9.17, 15) is 43.5 Å². The molecule has 0 aliphatic rings. The lowest BCUT2D eigenvalue weighted by atomic mass is 9.94. The number of nitrogens with two attached hydrogens (primary N) is 3. The van der Waals surface area contributed by atoms with Crippen LogP contribution in [-0.4, -0.2) is 89.3 Å². The van der Waals surface area contributed by atoms with E-state index in [4.69, 9.17) is 36.1 Å². The third kappa shape index (κ3) is 32.3. The Bertz CT molecular complexity index is 2400. The summed E-state index contributed by atoms with van der Waals surface area (Å²) in [4.78, 5) is 94.5. The van der Waals surface area contributed by atoms with Gasteiger partial charge in [-0.3, -0.25) is 28.8 Å². The minimum Gasteiger partial charge on any atom is -0.481 e. The second-order valence-corrected chi connectivity index (χ2v) is 20.1. The molecule has 19 nitrogen and oxygen atoms in total. The van der Waals surface area contributed by atoms with Crippen molar-refractivity contribution in [2.45, 2.75) is 142 Å². The number of ether oxygens (including phenoxy) is 4. The van der Waals surface area contributed by atoms with E-state index in [1.54, 1.807) is 41.5 Å². The van der Waals surface area contributed by atoms with Gasteiger partial charge in [-0.05, 0) is 115 Å². The van der Waals surface area contributed by atoms with Crippen LogP contribution in [0.3, 0.4) is 0 Å².